The predicted molar refractivity (Wildman–Crippen MR) is 86.6 cm³/mol. The molecular weight excluding hydrogens is 262 g/mol. The van der Waals surface area contributed by atoms with Crippen LogP contribution >= 0.6 is 0 Å². The van der Waals surface area contributed by atoms with Crippen LogP contribution < -0.4 is 5.32 Å². The van der Waals surface area contributed by atoms with Crippen molar-refractivity contribution in [2.45, 2.75) is 52.9 Å². The minimum Gasteiger partial charge on any atom is -0.325 e. The molecule has 1 amide bonds. The van der Waals surface area contributed by atoms with Gasteiger partial charge in [-0.1, -0.05) is 51.1 Å². The topological polar surface area (TPSA) is 46.2 Å². The Morgan fingerprint density at radius 1 is 1.00 bits per heavy atom. The highest BCUT2D eigenvalue weighted by Crippen LogP contribution is 2.21. The summed E-state index contributed by atoms with van der Waals surface area (Å²) in [6.45, 7) is 6.10. The van der Waals surface area contributed by atoms with Crippen LogP contribution in [-0.2, 0) is 9.59 Å². The van der Waals surface area contributed by atoms with Crippen molar-refractivity contribution in [3.8, 4) is 0 Å². The van der Waals surface area contributed by atoms with Crippen molar-refractivity contribution in [1.82, 2.24) is 5.32 Å². The number of nitrogens with one attached hydrogen (secondary N) is 1. The Kier molecular flexibility index (Phi) is 7.44. The van der Waals surface area contributed by atoms with Gasteiger partial charge in [0.05, 0.1) is 6.42 Å². The third-order valence-corrected chi connectivity index (χ3v) is 3.42. The third-order valence-electron chi connectivity index (χ3n) is 3.42. The first-order valence-corrected chi connectivity index (χ1v) is 7.71. The third kappa shape index (κ3) is 5.54. The van der Waals surface area contributed by atoms with Gasteiger partial charge in [0.1, 0.15) is 5.78 Å². The maximum absolute atomic E-state index is 12.1. The van der Waals surface area contributed by atoms with Crippen molar-refractivity contribution < 1.29 is 9.59 Å². The van der Waals surface area contributed by atoms with E-state index in [9.17, 15) is 9.59 Å². The number of carbonyl (C=O) groups excluding carboxylic acids is 2. The van der Waals surface area contributed by atoms with E-state index in [1.54, 1.807) is 0 Å². The van der Waals surface area contributed by atoms with Crippen molar-refractivity contribution in [2.75, 3.05) is 0 Å². The van der Waals surface area contributed by atoms with Crippen molar-refractivity contribution in [3.63, 3.8) is 0 Å². The van der Waals surface area contributed by atoms with Gasteiger partial charge in [0.25, 0.3) is 0 Å². The first-order valence-electron chi connectivity index (χ1n) is 7.71. The molecule has 1 aromatic carbocycles. The second kappa shape index (κ2) is 9.11. The number of hydrogen-bond donors (Lipinski definition) is 1. The normalized spacial score (nSPS) is 10.0. The molecule has 1 N–H and O–H groups in total. The van der Waals surface area contributed by atoms with Gasteiger partial charge in [-0.15, -0.1) is 0 Å². The van der Waals surface area contributed by atoms with Gasteiger partial charge < -0.3 is 5.32 Å². The van der Waals surface area contributed by atoms with Crippen LogP contribution in [0.5, 0.6) is 0 Å². The lowest BCUT2D eigenvalue weighted by atomic mass is 10.0. The van der Waals surface area contributed by atoms with E-state index < -0.39 is 0 Å². The van der Waals surface area contributed by atoms with Gasteiger partial charge in [-0.05, 0) is 30.4 Å². The van der Waals surface area contributed by atoms with E-state index >= 15 is 0 Å². The summed E-state index contributed by atoms with van der Waals surface area (Å²) in [6, 6.07) is 9.81. The summed E-state index contributed by atoms with van der Waals surface area (Å²) >= 11 is 0. The number of carbonyl (C=O) groups is 2. The largest absolute Gasteiger partial charge is 0.325 e. The average molecular weight is 287 g/mol. The SMILES string of the molecule is CCCC(=O)CC(=O)NC(=C(CC)CC)c1ccccc1. The molecule has 3 heteroatoms. The van der Waals surface area contributed by atoms with Crippen LogP contribution in [0.1, 0.15) is 58.4 Å². The summed E-state index contributed by atoms with van der Waals surface area (Å²) < 4.78 is 0. The Morgan fingerprint density at radius 3 is 2.14 bits per heavy atom. The molecule has 0 aliphatic rings. The maximum Gasteiger partial charge on any atom is 0.231 e. The number of benzene rings is 1. The highest BCUT2D eigenvalue weighted by molar-refractivity contribution is 6.01. The minimum atomic E-state index is -0.216. The predicted octanol–water partition coefficient (Wildman–Crippen LogP) is 4.09. The molecule has 0 saturated carbocycles. The van der Waals surface area contributed by atoms with Gasteiger partial charge >= 0.3 is 0 Å². The van der Waals surface area contributed by atoms with Crippen molar-refractivity contribution in [2.24, 2.45) is 0 Å². The van der Waals surface area contributed by atoms with Crippen molar-refractivity contribution in [3.05, 3.63) is 41.5 Å². The summed E-state index contributed by atoms with van der Waals surface area (Å²) in [7, 11) is 0. The molecule has 0 spiro atoms. The van der Waals surface area contributed by atoms with Gasteiger partial charge in [-0.25, -0.2) is 0 Å². The number of rotatable bonds is 8. The molecule has 0 saturated heterocycles. The Morgan fingerprint density at radius 2 is 1.62 bits per heavy atom. The number of Topliss-reactive ketones (excluding diaryl/α,β-unsaturated/α-hetero) is 1. The molecule has 1 aromatic rings. The molecule has 0 aliphatic carbocycles. The maximum atomic E-state index is 12.1. The van der Waals surface area contributed by atoms with Gasteiger partial charge in [-0.2, -0.15) is 0 Å². The summed E-state index contributed by atoms with van der Waals surface area (Å²) in [4.78, 5) is 23.7. The van der Waals surface area contributed by atoms with Crippen molar-refractivity contribution >= 4 is 17.4 Å². The monoisotopic (exact) mass is 287 g/mol. The van der Waals surface area contributed by atoms with Crippen LogP contribution in [0.15, 0.2) is 35.9 Å². The Hall–Kier alpha value is -1.90. The molecule has 0 atom stereocenters. The van der Waals surface area contributed by atoms with Crippen LogP contribution in [-0.4, -0.2) is 11.7 Å². The van der Waals surface area contributed by atoms with Gasteiger partial charge in [0.15, 0.2) is 0 Å². The summed E-state index contributed by atoms with van der Waals surface area (Å²) in [6.07, 6.45) is 2.97. The molecule has 0 unspecified atom stereocenters. The number of hydrogen-bond acceptors (Lipinski definition) is 2. The van der Waals surface area contributed by atoms with Gasteiger partial charge in [-0.3, -0.25) is 9.59 Å². The van der Waals surface area contributed by atoms with E-state index in [2.05, 4.69) is 19.2 Å². The molecule has 0 bridgehead atoms. The second-order valence-electron chi connectivity index (χ2n) is 5.07. The zero-order valence-electron chi connectivity index (χ0n) is 13.2. The Bertz CT molecular complexity index is 497. The van der Waals surface area contributed by atoms with Crippen LogP contribution in [0.25, 0.3) is 5.70 Å². The fourth-order valence-corrected chi connectivity index (χ4v) is 2.30. The first-order chi connectivity index (χ1) is 10.1. The molecule has 114 valence electrons. The summed E-state index contributed by atoms with van der Waals surface area (Å²) in [5, 5.41) is 2.94. The van der Waals surface area contributed by atoms with Gasteiger partial charge in [0, 0.05) is 12.1 Å². The lowest BCUT2D eigenvalue weighted by molar-refractivity contribution is -0.127. The Balaban J connectivity index is 2.92. The van der Waals surface area contributed by atoms with Gasteiger partial charge in [0.2, 0.25) is 5.91 Å². The van der Waals surface area contributed by atoms with E-state index in [0.29, 0.717) is 6.42 Å². The van der Waals surface area contributed by atoms with Crippen molar-refractivity contribution in [1.29, 1.82) is 0 Å². The van der Waals surface area contributed by atoms with Crippen LogP contribution in [0.4, 0.5) is 0 Å². The van der Waals surface area contributed by atoms with Crippen LogP contribution in [0, 0.1) is 0 Å². The fourth-order valence-electron chi connectivity index (χ4n) is 2.30. The lowest BCUT2D eigenvalue weighted by Crippen LogP contribution is -2.25. The molecule has 0 heterocycles. The standard InChI is InChI=1S/C18H25NO2/c1-4-10-16(20)13-17(21)19-18(14(5-2)6-3)15-11-8-7-9-12-15/h7-9,11-12H,4-6,10,13H2,1-3H3,(H,19,21). The smallest absolute Gasteiger partial charge is 0.231 e. The van der Waals surface area contributed by atoms with Crippen LogP contribution in [0.3, 0.4) is 0 Å². The molecule has 0 aliphatic heterocycles. The molecule has 3 nitrogen and oxygen atoms in total. The van der Waals surface area contributed by atoms with E-state index in [1.807, 2.05) is 37.3 Å². The average Bonchev–Trinajstić information content (AvgIpc) is 2.48. The lowest BCUT2D eigenvalue weighted by Gasteiger charge is -2.15. The number of amides is 1. The quantitative estimate of drug-likeness (QED) is 0.732. The molecule has 1 rings (SSSR count). The highest BCUT2D eigenvalue weighted by atomic mass is 16.2. The molecule has 21 heavy (non-hydrogen) atoms. The minimum absolute atomic E-state index is 0.00282. The zero-order chi connectivity index (χ0) is 15.7. The highest BCUT2D eigenvalue weighted by Gasteiger charge is 2.13. The van der Waals surface area contributed by atoms with E-state index in [4.69, 9.17) is 0 Å². The molecule has 0 fully saturated rings. The Labute approximate surface area is 127 Å². The van der Waals surface area contributed by atoms with E-state index in [-0.39, 0.29) is 18.1 Å². The summed E-state index contributed by atoms with van der Waals surface area (Å²) in [5.74, 6) is -0.219. The second-order valence-corrected chi connectivity index (χ2v) is 5.07. The molecule has 0 radical (unpaired) electrons. The van der Waals surface area contributed by atoms with Crippen LogP contribution in [0.2, 0.25) is 0 Å². The first kappa shape index (κ1) is 17.2. The molecule has 0 aromatic heterocycles. The molecular formula is C18H25NO2. The number of ketones is 1. The summed E-state index contributed by atoms with van der Waals surface area (Å²) in [5.41, 5.74) is 3.04. The van der Waals surface area contributed by atoms with E-state index in [0.717, 1.165) is 30.5 Å². The number of allylic oxidation sites excluding steroid dienone is 1. The van der Waals surface area contributed by atoms with E-state index in [1.165, 1.54) is 5.57 Å². The fraction of sp³-hybridized carbons (Fsp3) is 0.444. The zero-order valence-corrected chi connectivity index (χ0v) is 13.2.